The minimum Gasteiger partial charge on any atom is -0.507 e. The maximum Gasteiger partial charge on any atom is 0.300 e. The van der Waals surface area contributed by atoms with Crippen molar-refractivity contribution in [2.75, 3.05) is 11.5 Å². The summed E-state index contributed by atoms with van der Waals surface area (Å²) in [5.74, 6) is -0.0236. The molecule has 1 aromatic heterocycles. The van der Waals surface area contributed by atoms with Crippen molar-refractivity contribution in [2.24, 2.45) is 0 Å². The summed E-state index contributed by atoms with van der Waals surface area (Å²) in [5.41, 5.74) is 1.74. The van der Waals surface area contributed by atoms with Gasteiger partial charge in [0, 0.05) is 15.7 Å². The molecule has 3 aromatic rings. The topological polar surface area (TPSA) is 80.0 Å². The number of Topliss-reactive ketones (excluding diaryl/α,β-unsaturated/α-hetero) is 1. The van der Waals surface area contributed by atoms with Crippen molar-refractivity contribution in [2.45, 2.75) is 26.8 Å². The predicted molar refractivity (Wildman–Crippen MR) is 125 cm³/mol. The minimum atomic E-state index is -0.892. The number of furan rings is 1. The average molecular weight is 496 g/mol. The third kappa shape index (κ3) is 3.84. The summed E-state index contributed by atoms with van der Waals surface area (Å²) in [4.78, 5) is 27.6. The Hall–Kier alpha value is -3.32. The maximum atomic E-state index is 13.1. The molecule has 1 saturated heterocycles. The first-order valence-electron chi connectivity index (χ1n) is 10.2. The van der Waals surface area contributed by atoms with E-state index in [4.69, 9.17) is 9.15 Å². The highest BCUT2D eigenvalue weighted by Gasteiger charge is 2.48. The number of nitrogens with zero attached hydrogens (tertiary/aromatic N) is 1. The molecule has 0 spiro atoms. The molecule has 0 aliphatic carbocycles. The van der Waals surface area contributed by atoms with Gasteiger partial charge in [0.2, 0.25) is 0 Å². The molecule has 1 N–H and O–H groups in total. The summed E-state index contributed by atoms with van der Waals surface area (Å²) in [6.45, 7) is 6.05. The first kappa shape index (κ1) is 21.9. The summed E-state index contributed by atoms with van der Waals surface area (Å²) in [6, 6.07) is 14.8. The molecule has 0 radical (unpaired) electrons. The van der Waals surface area contributed by atoms with E-state index in [0.717, 1.165) is 10.0 Å². The van der Waals surface area contributed by atoms with Crippen molar-refractivity contribution in [1.82, 2.24) is 0 Å². The van der Waals surface area contributed by atoms with E-state index in [1.807, 2.05) is 13.8 Å². The summed E-state index contributed by atoms with van der Waals surface area (Å²) in [6.07, 6.45) is 0. The second-order valence-electron chi connectivity index (χ2n) is 7.51. The van der Waals surface area contributed by atoms with E-state index in [1.165, 1.54) is 4.90 Å². The van der Waals surface area contributed by atoms with Gasteiger partial charge in [-0.2, -0.15) is 0 Å². The van der Waals surface area contributed by atoms with Crippen molar-refractivity contribution in [3.8, 4) is 5.75 Å². The SMILES string of the molecule is CCOc1ccc(/C(O)=C2/C(=O)C(=O)N(c3ccc(Br)cc3)C2c2ccc(C)o2)cc1C. The lowest BCUT2D eigenvalue weighted by atomic mass is 9.98. The number of ketones is 1. The van der Waals surface area contributed by atoms with Crippen molar-refractivity contribution in [1.29, 1.82) is 0 Å². The molecule has 7 heteroatoms. The lowest BCUT2D eigenvalue weighted by Crippen LogP contribution is -2.29. The van der Waals surface area contributed by atoms with E-state index in [1.54, 1.807) is 61.5 Å². The Morgan fingerprint density at radius 3 is 2.41 bits per heavy atom. The first-order valence-corrected chi connectivity index (χ1v) is 11.0. The van der Waals surface area contributed by atoms with Gasteiger partial charge in [-0.1, -0.05) is 15.9 Å². The van der Waals surface area contributed by atoms with E-state index < -0.39 is 17.7 Å². The molecular weight excluding hydrogens is 474 g/mol. The van der Waals surface area contributed by atoms with Crippen LogP contribution in [0.25, 0.3) is 5.76 Å². The normalized spacial score (nSPS) is 17.8. The van der Waals surface area contributed by atoms with Gasteiger partial charge in [0.15, 0.2) is 0 Å². The van der Waals surface area contributed by atoms with Gasteiger partial charge in [-0.15, -0.1) is 0 Å². The number of hydrogen-bond acceptors (Lipinski definition) is 5. The zero-order valence-corrected chi connectivity index (χ0v) is 19.5. The van der Waals surface area contributed by atoms with E-state index in [9.17, 15) is 14.7 Å². The lowest BCUT2D eigenvalue weighted by molar-refractivity contribution is -0.132. The number of anilines is 1. The molecule has 32 heavy (non-hydrogen) atoms. The van der Waals surface area contributed by atoms with Crippen LogP contribution in [0.3, 0.4) is 0 Å². The van der Waals surface area contributed by atoms with Crippen molar-refractivity contribution in [3.05, 3.63) is 87.3 Å². The molecule has 4 rings (SSSR count). The standard InChI is InChI=1S/C25H22BrNO5/c1-4-31-19-12-6-16(13-14(19)2)23(28)21-22(20-11-5-15(3)32-20)27(25(30)24(21)29)18-9-7-17(26)8-10-18/h5-13,22,28H,4H2,1-3H3/b23-21-. The number of aliphatic hydroxyl groups is 1. The van der Waals surface area contributed by atoms with Crippen LogP contribution in [0.1, 0.15) is 35.6 Å². The largest absolute Gasteiger partial charge is 0.507 e. The summed E-state index contributed by atoms with van der Waals surface area (Å²) >= 11 is 3.39. The van der Waals surface area contributed by atoms with Gasteiger partial charge in [-0.05, 0) is 80.9 Å². The van der Waals surface area contributed by atoms with Gasteiger partial charge in [-0.25, -0.2) is 0 Å². The van der Waals surface area contributed by atoms with E-state index >= 15 is 0 Å². The number of carbonyl (C=O) groups is 2. The Labute approximate surface area is 194 Å². The number of benzene rings is 2. The van der Waals surface area contributed by atoms with Crippen LogP contribution in [-0.4, -0.2) is 23.4 Å². The summed E-state index contributed by atoms with van der Waals surface area (Å²) < 4.78 is 12.2. The van der Waals surface area contributed by atoms with Crippen molar-refractivity contribution >= 4 is 39.1 Å². The van der Waals surface area contributed by atoms with Crippen LogP contribution in [0.2, 0.25) is 0 Å². The van der Waals surface area contributed by atoms with Gasteiger partial charge in [-0.3, -0.25) is 14.5 Å². The second kappa shape index (κ2) is 8.67. The molecule has 0 bridgehead atoms. The fourth-order valence-corrected chi connectivity index (χ4v) is 4.10. The highest BCUT2D eigenvalue weighted by Crippen LogP contribution is 2.43. The van der Waals surface area contributed by atoms with Crippen LogP contribution in [0.15, 0.2) is 69.1 Å². The van der Waals surface area contributed by atoms with Crippen LogP contribution in [-0.2, 0) is 9.59 Å². The zero-order valence-electron chi connectivity index (χ0n) is 17.9. The van der Waals surface area contributed by atoms with Gasteiger partial charge < -0.3 is 14.3 Å². The molecule has 2 heterocycles. The predicted octanol–water partition coefficient (Wildman–Crippen LogP) is 5.68. The smallest absolute Gasteiger partial charge is 0.300 e. The molecule has 1 unspecified atom stereocenters. The molecule has 2 aromatic carbocycles. The highest BCUT2D eigenvalue weighted by atomic mass is 79.9. The zero-order chi connectivity index (χ0) is 23.0. The van der Waals surface area contributed by atoms with E-state index in [-0.39, 0.29) is 11.3 Å². The Balaban J connectivity index is 1.89. The fraction of sp³-hybridized carbons (Fsp3) is 0.200. The molecular formula is C25H22BrNO5. The molecule has 1 atom stereocenters. The average Bonchev–Trinajstić information content (AvgIpc) is 3.31. The van der Waals surface area contributed by atoms with Gasteiger partial charge in [0.25, 0.3) is 11.7 Å². The molecule has 1 aliphatic rings. The van der Waals surface area contributed by atoms with Crippen LogP contribution >= 0.6 is 15.9 Å². The quantitative estimate of drug-likeness (QED) is 0.279. The molecule has 164 valence electrons. The number of aryl methyl sites for hydroxylation is 2. The number of halogens is 1. The molecule has 1 fully saturated rings. The van der Waals surface area contributed by atoms with Gasteiger partial charge in [0.1, 0.15) is 29.1 Å². The Kier molecular flexibility index (Phi) is 5.93. The number of amides is 1. The summed E-state index contributed by atoms with van der Waals surface area (Å²) in [7, 11) is 0. The lowest BCUT2D eigenvalue weighted by Gasteiger charge is -2.23. The highest BCUT2D eigenvalue weighted by molar-refractivity contribution is 9.10. The fourth-order valence-electron chi connectivity index (χ4n) is 3.84. The van der Waals surface area contributed by atoms with Crippen molar-refractivity contribution < 1.29 is 23.8 Å². The maximum absolute atomic E-state index is 13.1. The molecule has 1 aliphatic heterocycles. The number of ether oxygens (including phenoxy) is 1. The minimum absolute atomic E-state index is 0.0178. The number of hydrogen-bond donors (Lipinski definition) is 1. The first-order chi connectivity index (χ1) is 15.3. The third-order valence-electron chi connectivity index (χ3n) is 5.33. The summed E-state index contributed by atoms with van der Waals surface area (Å²) in [5, 5.41) is 11.2. The van der Waals surface area contributed by atoms with Gasteiger partial charge >= 0.3 is 0 Å². The van der Waals surface area contributed by atoms with Crippen LogP contribution in [0.5, 0.6) is 5.75 Å². The van der Waals surface area contributed by atoms with Crippen molar-refractivity contribution in [3.63, 3.8) is 0 Å². The van der Waals surface area contributed by atoms with Crippen LogP contribution < -0.4 is 9.64 Å². The molecule has 6 nitrogen and oxygen atoms in total. The second-order valence-corrected chi connectivity index (χ2v) is 8.42. The Morgan fingerprint density at radius 1 is 1.09 bits per heavy atom. The Morgan fingerprint density at radius 2 is 1.81 bits per heavy atom. The van der Waals surface area contributed by atoms with Crippen LogP contribution in [0.4, 0.5) is 5.69 Å². The number of aliphatic hydroxyl groups excluding tert-OH is 1. The number of carbonyl (C=O) groups excluding carboxylic acids is 2. The number of rotatable bonds is 5. The van der Waals surface area contributed by atoms with Gasteiger partial charge in [0.05, 0.1) is 12.2 Å². The van der Waals surface area contributed by atoms with E-state index in [2.05, 4.69) is 15.9 Å². The molecule has 0 saturated carbocycles. The van der Waals surface area contributed by atoms with Crippen LogP contribution in [0, 0.1) is 13.8 Å². The third-order valence-corrected chi connectivity index (χ3v) is 5.86. The Bertz CT molecular complexity index is 1230. The monoisotopic (exact) mass is 495 g/mol. The molecule has 1 amide bonds. The van der Waals surface area contributed by atoms with E-state index in [0.29, 0.717) is 35.1 Å².